The molecule has 0 aromatic heterocycles. The second-order valence-electron chi connectivity index (χ2n) is 5.03. The van der Waals surface area contributed by atoms with Gasteiger partial charge in [-0.2, -0.15) is 0 Å². The molecule has 2 fully saturated rings. The summed E-state index contributed by atoms with van der Waals surface area (Å²) in [7, 11) is 0. The number of hydrogen-bond donors (Lipinski definition) is 1. The molecule has 0 aromatic carbocycles. The Labute approximate surface area is 96.6 Å². The topological polar surface area (TPSA) is 49.8 Å². The zero-order valence-electron chi connectivity index (χ0n) is 9.89. The average molecular weight is 227 g/mol. The van der Waals surface area contributed by atoms with E-state index in [1.807, 2.05) is 0 Å². The summed E-state index contributed by atoms with van der Waals surface area (Å²) in [6, 6.07) is 0.233. The molecule has 0 amide bonds. The van der Waals surface area contributed by atoms with Crippen molar-refractivity contribution in [3.8, 4) is 0 Å². The Bertz CT molecular complexity index is 257. The van der Waals surface area contributed by atoms with E-state index in [-0.39, 0.29) is 12.5 Å². The van der Waals surface area contributed by atoms with Crippen molar-refractivity contribution in [3.63, 3.8) is 0 Å². The lowest BCUT2D eigenvalue weighted by molar-refractivity contribution is -0.138. The van der Waals surface area contributed by atoms with Gasteiger partial charge in [0.05, 0.1) is 18.6 Å². The van der Waals surface area contributed by atoms with Crippen molar-refractivity contribution in [2.24, 2.45) is 0 Å². The van der Waals surface area contributed by atoms with E-state index in [1.54, 1.807) is 0 Å². The summed E-state index contributed by atoms with van der Waals surface area (Å²) >= 11 is 0. The van der Waals surface area contributed by atoms with Crippen LogP contribution in [0.15, 0.2) is 0 Å². The summed E-state index contributed by atoms with van der Waals surface area (Å²) in [4.78, 5) is 13.0. The van der Waals surface area contributed by atoms with Crippen LogP contribution in [-0.4, -0.2) is 47.3 Å². The van der Waals surface area contributed by atoms with E-state index in [2.05, 4.69) is 11.8 Å². The Morgan fingerprint density at radius 3 is 2.88 bits per heavy atom. The highest BCUT2D eigenvalue weighted by Crippen LogP contribution is 2.25. The molecule has 2 aliphatic rings. The van der Waals surface area contributed by atoms with E-state index in [1.165, 1.54) is 0 Å². The van der Waals surface area contributed by atoms with Crippen LogP contribution in [0.4, 0.5) is 0 Å². The predicted molar refractivity (Wildman–Crippen MR) is 60.4 cm³/mol. The summed E-state index contributed by atoms with van der Waals surface area (Å²) in [5, 5.41) is 8.84. The first kappa shape index (κ1) is 11.9. The van der Waals surface area contributed by atoms with Crippen molar-refractivity contribution in [2.75, 3.05) is 13.1 Å². The molecule has 0 aromatic rings. The van der Waals surface area contributed by atoms with Gasteiger partial charge in [-0.15, -0.1) is 0 Å². The number of rotatable bonds is 4. The van der Waals surface area contributed by atoms with E-state index in [0.717, 1.165) is 38.8 Å². The SMILES string of the molecule is CC1CCC(CN2CCCC2CC(=O)O)O1. The van der Waals surface area contributed by atoms with Gasteiger partial charge in [-0.3, -0.25) is 9.69 Å². The fourth-order valence-electron chi connectivity index (χ4n) is 2.85. The molecule has 0 bridgehead atoms. The lowest BCUT2D eigenvalue weighted by Crippen LogP contribution is -2.37. The molecule has 3 atom stereocenters. The largest absolute Gasteiger partial charge is 0.481 e. The average Bonchev–Trinajstić information content (AvgIpc) is 2.77. The third kappa shape index (κ3) is 2.95. The lowest BCUT2D eigenvalue weighted by atomic mass is 10.1. The minimum Gasteiger partial charge on any atom is -0.481 e. The molecule has 0 radical (unpaired) electrons. The van der Waals surface area contributed by atoms with Gasteiger partial charge in [-0.25, -0.2) is 0 Å². The molecule has 92 valence electrons. The smallest absolute Gasteiger partial charge is 0.304 e. The third-order valence-corrected chi connectivity index (χ3v) is 3.67. The maximum absolute atomic E-state index is 10.7. The first-order valence-electron chi connectivity index (χ1n) is 6.26. The van der Waals surface area contributed by atoms with Crippen LogP contribution in [0.2, 0.25) is 0 Å². The van der Waals surface area contributed by atoms with Crippen LogP contribution in [0.1, 0.15) is 39.0 Å². The van der Waals surface area contributed by atoms with Crippen LogP contribution in [0, 0.1) is 0 Å². The van der Waals surface area contributed by atoms with Gasteiger partial charge in [0.1, 0.15) is 0 Å². The van der Waals surface area contributed by atoms with Crippen molar-refractivity contribution in [1.82, 2.24) is 4.90 Å². The Morgan fingerprint density at radius 2 is 2.25 bits per heavy atom. The second kappa shape index (κ2) is 5.15. The molecule has 16 heavy (non-hydrogen) atoms. The first-order valence-corrected chi connectivity index (χ1v) is 6.26. The van der Waals surface area contributed by atoms with Gasteiger partial charge in [0, 0.05) is 12.6 Å². The van der Waals surface area contributed by atoms with E-state index in [4.69, 9.17) is 9.84 Å². The Morgan fingerprint density at radius 1 is 1.44 bits per heavy atom. The molecule has 2 aliphatic heterocycles. The van der Waals surface area contributed by atoms with Crippen molar-refractivity contribution in [1.29, 1.82) is 0 Å². The van der Waals surface area contributed by atoms with Gasteiger partial charge in [0.25, 0.3) is 0 Å². The van der Waals surface area contributed by atoms with Gasteiger partial charge in [0.15, 0.2) is 0 Å². The molecule has 2 saturated heterocycles. The maximum Gasteiger partial charge on any atom is 0.304 e. The third-order valence-electron chi connectivity index (χ3n) is 3.67. The monoisotopic (exact) mass is 227 g/mol. The number of likely N-dealkylation sites (tertiary alicyclic amines) is 1. The van der Waals surface area contributed by atoms with E-state index >= 15 is 0 Å². The van der Waals surface area contributed by atoms with Crippen LogP contribution in [0.5, 0.6) is 0 Å². The summed E-state index contributed by atoms with van der Waals surface area (Å²) in [6.07, 6.45) is 5.39. The highest BCUT2D eigenvalue weighted by atomic mass is 16.5. The van der Waals surface area contributed by atoms with Gasteiger partial charge in [0.2, 0.25) is 0 Å². The normalized spacial score (nSPS) is 35.7. The number of carboxylic acids is 1. The fraction of sp³-hybridized carbons (Fsp3) is 0.917. The van der Waals surface area contributed by atoms with Crippen molar-refractivity contribution >= 4 is 5.97 Å². The zero-order chi connectivity index (χ0) is 11.5. The van der Waals surface area contributed by atoms with E-state index < -0.39 is 5.97 Å². The lowest BCUT2D eigenvalue weighted by Gasteiger charge is -2.26. The fourth-order valence-corrected chi connectivity index (χ4v) is 2.85. The molecular weight excluding hydrogens is 206 g/mol. The first-order chi connectivity index (χ1) is 7.65. The van der Waals surface area contributed by atoms with Crippen LogP contribution in [0.3, 0.4) is 0 Å². The second-order valence-corrected chi connectivity index (χ2v) is 5.03. The van der Waals surface area contributed by atoms with E-state index in [0.29, 0.717) is 12.2 Å². The standard InChI is InChI=1S/C12H21NO3/c1-9-4-5-11(16-9)8-13-6-2-3-10(13)7-12(14)15/h9-11H,2-8H2,1H3,(H,14,15). The van der Waals surface area contributed by atoms with Crippen LogP contribution < -0.4 is 0 Å². The quantitative estimate of drug-likeness (QED) is 0.790. The maximum atomic E-state index is 10.7. The molecule has 2 heterocycles. The highest BCUT2D eigenvalue weighted by molar-refractivity contribution is 5.67. The van der Waals surface area contributed by atoms with Crippen LogP contribution in [-0.2, 0) is 9.53 Å². The van der Waals surface area contributed by atoms with Crippen molar-refractivity contribution < 1.29 is 14.6 Å². The minimum atomic E-state index is -0.683. The number of aliphatic carboxylic acids is 1. The number of nitrogens with zero attached hydrogens (tertiary/aromatic N) is 1. The molecule has 4 nitrogen and oxygen atoms in total. The molecule has 0 spiro atoms. The Balaban J connectivity index is 1.81. The van der Waals surface area contributed by atoms with Gasteiger partial charge < -0.3 is 9.84 Å². The molecular formula is C12H21NO3. The predicted octanol–water partition coefficient (Wildman–Crippen LogP) is 1.49. The Kier molecular flexibility index (Phi) is 3.82. The molecule has 4 heteroatoms. The minimum absolute atomic E-state index is 0.233. The summed E-state index contributed by atoms with van der Waals surface area (Å²) in [6.45, 7) is 4.06. The van der Waals surface area contributed by atoms with Gasteiger partial charge in [-0.05, 0) is 39.2 Å². The molecule has 1 N–H and O–H groups in total. The Hall–Kier alpha value is -0.610. The van der Waals surface area contributed by atoms with Crippen LogP contribution >= 0.6 is 0 Å². The number of ether oxygens (including phenoxy) is 1. The number of hydrogen-bond acceptors (Lipinski definition) is 3. The molecule has 0 saturated carbocycles. The van der Waals surface area contributed by atoms with Gasteiger partial charge in [-0.1, -0.05) is 0 Å². The van der Waals surface area contributed by atoms with Crippen LogP contribution in [0.25, 0.3) is 0 Å². The summed E-state index contributed by atoms with van der Waals surface area (Å²) < 4.78 is 5.79. The summed E-state index contributed by atoms with van der Waals surface area (Å²) in [5.74, 6) is -0.683. The molecule has 3 unspecified atom stereocenters. The van der Waals surface area contributed by atoms with E-state index in [9.17, 15) is 4.79 Å². The highest BCUT2D eigenvalue weighted by Gasteiger charge is 2.31. The van der Waals surface area contributed by atoms with Crippen molar-refractivity contribution in [3.05, 3.63) is 0 Å². The summed E-state index contributed by atoms with van der Waals surface area (Å²) in [5.41, 5.74) is 0. The molecule has 2 rings (SSSR count). The van der Waals surface area contributed by atoms with Gasteiger partial charge >= 0.3 is 5.97 Å². The number of carbonyl (C=O) groups is 1. The van der Waals surface area contributed by atoms with Crippen molar-refractivity contribution in [2.45, 2.75) is 57.3 Å². The number of carboxylic acid groups (broad SMARTS) is 1. The molecule has 0 aliphatic carbocycles. The zero-order valence-corrected chi connectivity index (χ0v) is 9.89.